The maximum atomic E-state index is 13.1. The molecule has 0 saturated carbocycles. The molecule has 0 unspecified atom stereocenters. The number of carbonyl (C=O) groups excluding carboxylic acids is 1. The number of nitrogens with one attached hydrogen (secondary N) is 1. The fourth-order valence-corrected chi connectivity index (χ4v) is 3.29. The summed E-state index contributed by atoms with van der Waals surface area (Å²) in [7, 11) is 1.66. The van der Waals surface area contributed by atoms with Crippen LogP contribution in [0.1, 0.15) is 30.0 Å². The number of para-hydroxylation sites is 1. The first kappa shape index (κ1) is 16.7. The lowest BCUT2D eigenvalue weighted by molar-refractivity contribution is -0.121. The number of benzene rings is 2. The largest absolute Gasteiger partial charge is 0.380 e. The zero-order valence-electron chi connectivity index (χ0n) is 14.1. The minimum absolute atomic E-state index is 0.0200. The topological polar surface area (TPSA) is 41.6 Å². The van der Waals surface area contributed by atoms with Gasteiger partial charge in [0.2, 0.25) is 5.91 Å². The standard InChI is InChI=1S/C20H24N2O2/c1-24-15-17-11-5-6-12-18(17)21-20(23)19(22-13-7-8-14-22)16-9-3-2-4-10-16/h2-6,9-12,19H,7-8,13-15H2,1H3,(H,21,23)/t19-/m0/s1. The predicted octanol–water partition coefficient (Wildman–Crippen LogP) is 3.61. The quantitative estimate of drug-likeness (QED) is 0.882. The summed E-state index contributed by atoms with van der Waals surface area (Å²) in [6.45, 7) is 2.41. The molecule has 3 rings (SSSR count). The van der Waals surface area contributed by atoms with Gasteiger partial charge in [0.15, 0.2) is 0 Å². The highest BCUT2D eigenvalue weighted by atomic mass is 16.5. The third kappa shape index (κ3) is 3.83. The summed E-state index contributed by atoms with van der Waals surface area (Å²) in [5.74, 6) is 0.0200. The molecule has 4 heteroatoms. The van der Waals surface area contributed by atoms with Gasteiger partial charge in [0.05, 0.1) is 6.61 Å². The van der Waals surface area contributed by atoms with Crippen LogP contribution in [0, 0.1) is 0 Å². The number of hydrogen-bond acceptors (Lipinski definition) is 3. The summed E-state index contributed by atoms with van der Waals surface area (Å²) >= 11 is 0. The Morgan fingerprint density at radius 2 is 1.75 bits per heavy atom. The van der Waals surface area contributed by atoms with E-state index in [2.05, 4.69) is 10.2 Å². The van der Waals surface area contributed by atoms with Gasteiger partial charge in [0, 0.05) is 18.4 Å². The molecule has 1 aliphatic rings. The number of hydrogen-bond donors (Lipinski definition) is 1. The third-order valence-corrected chi connectivity index (χ3v) is 4.44. The smallest absolute Gasteiger partial charge is 0.246 e. The molecule has 24 heavy (non-hydrogen) atoms. The van der Waals surface area contributed by atoms with Crippen molar-refractivity contribution in [3.8, 4) is 0 Å². The van der Waals surface area contributed by atoms with Crippen LogP contribution in [0.5, 0.6) is 0 Å². The van der Waals surface area contributed by atoms with Crippen molar-refractivity contribution in [2.75, 3.05) is 25.5 Å². The van der Waals surface area contributed by atoms with Crippen LogP contribution in [0.15, 0.2) is 54.6 Å². The van der Waals surface area contributed by atoms with Crippen molar-refractivity contribution >= 4 is 11.6 Å². The van der Waals surface area contributed by atoms with Gasteiger partial charge in [-0.25, -0.2) is 0 Å². The minimum Gasteiger partial charge on any atom is -0.380 e. The van der Waals surface area contributed by atoms with Gasteiger partial charge in [-0.05, 0) is 37.6 Å². The molecule has 0 aliphatic carbocycles. The van der Waals surface area contributed by atoms with Crippen LogP contribution >= 0.6 is 0 Å². The van der Waals surface area contributed by atoms with Gasteiger partial charge in [-0.3, -0.25) is 9.69 Å². The molecule has 1 heterocycles. The van der Waals surface area contributed by atoms with E-state index in [0.29, 0.717) is 6.61 Å². The molecule has 1 aliphatic heterocycles. The van der Waals surface area contributed by atoms with E-state index in [-0.39, 0.29) is 11.9 Å². The summed E-state index contributed by atoms with van der Waals surface area (Å²) in [5, 5.41) is 3.11. The monoisotopic (exact) mass is 324 g/mol. The van der Waals surface area contributed by atoms with E-state index < -0.39 is 0 Å². The molecule has 1 amide bonds. The summed E-state index contributed by atoms with van der Waals surface area (Å²) in [6.07, 6.45) is 2.30. The zero-order valence-corrected chi connectivity index (χ0v) is 14.1. The van der Waals surface area contributed by atoms with E-state index in [4.69, 9.17) is 4.74 Å². The van der Waals surface area contributed by atoms with E-state index in [9.17, 15) is 4.79 Å². The van der Waals surface area contributed by atoms with Gasteiger partial charge >= 0.3 is 0 Å². The first-order valence-corrected chi connectivity index (χ1v) is 8.46. The van der Waals surface area contributed by atoms with Crippen molar-refractivity contribution in [2.45, 2.75) is 25.5 Å². The highest BCUT2D eigenvalue weighted by Crippen LogP contribution is 2.27. The van der Waals surface area contributed by atoms with Gasteiger partial charge in [-0.1, -0.05) is 48.5 Å². The van der Waals surface area contributed by atoms with Gasteiger partial charge in [-0.15, -0.1) is 0 Å². The van der Waals surface area contributed by atoms with Crippen LogP contribution in [0.2, 0.25) is 0 Å². The summed E-state index contributed by atoms with van der Waals surface area (Å²) in [6, 6.07) is 17.6. The number of likely N-dealkylation sites (tertiary alicyclic amines) is 1. The Kier molecular flexibility index (Phi) is 5.62. The summed E-state index contributed by atoms with van der Waals surface area (Å²) < 4.78 is 5.23. The summed E-state index contributed by atoms with van der Waals surface area (Å²) in [4.78, 5) is 15.3. The number of ether oxygens (including phenoxy) is 1. The second-order valence-electron chi connectivity index (χ2n) is 6.14. The number of nitrogens with zero attached hydrogens (tertiary/aromatic N) is 1. The van der Waals surface area contributed by atoms with Gasteiger partial charge < -0.3 is 10.1 Å². The zero-order chi connectivity index (χ0) is 16.8. The van der Waals surface area contributed by atoms with E-state index in [1.807, 2.05) is 54.6 Å². The number of methoxy groups -OCH3 is 1. The lowest BCUT2D eigenvalue weighted by atomic mass is 10.0. The number of anilines is 1. The van der Waals surface area contributed by atoms with Crippen molar-refractivity contribution in [1.29, 1.82) is 0 Å². The molecule has 0 aromatic heterocycles. The fraction of sp³-hybridized carbons (Fsp3) is 0.350. The number of carbonyl (C=O) groups is 1. The Morgan fingerprint density at radius 3 is 2.46 bits per heavy atom. The molecule has 1 N–H and O–H groups in total. The Hall–Kier alpha value is -2.17. The Morgan fingerprint density at radius 1 is 1.08 bits per heavy atom. The Balaban J connectivity index is 1.84. The Labute approximate surface area is 143 Å². The Bertz CT molecular complexity index is 666. The average molecular weight is 324 g/mol. The molecule has 0 spiro atoms. The highest BCUT2D eigenvalue weighted by Gasteiger charge is 2.29. The van der Waals surface area contributed by atoms with Crippen LogP contribution < -0.4 is 5.32 Å². The van der Waals surface area contributed by atoms with E-state index >= 15 is 0 Å². The molecule has 126 valence electrons. The molecule has 2 aromatic carbocycles. The SMILES string of the molecule is COCc1ccccc1NC(=O)[C@H](c1ccccc1)N1CCCC1. The van der Waals surface area contributed by atoms with Crippen molar-refractivity contribution in [1.82, 2.24) is 4.90 Å². The molecule has 1 atom stereocenters. The maximum Gasteiger partial charge on any atom is 0.246 e. The van der Waals surface area contributed by atoms with Gasteiger partial charge in [-0.2, -0.15) is 0 Å². The lowest BCUT2D eigenvalue weighted by Crippen LogP contribution is -2.35. The van der Waals surface area contributed by atoms with Crippen LogP contribution in [0.25, 0.3) is 0 Å². The van der Waals surface area contributed by atoms with Gasteiger partial charge in [0.1, 0.15) is 6.04 Å². The first-order chi connectivity index (χ1) is 11.8. The van der Waals surface area contributed by atoms with E-state index in [1.54, 1.807) is 7.11 Å². The molecule has 1 saturated heterocycles. The first-order valence-electron chi connectivity index (χ1n) is 8.46. The maximum absolute atomic E-state index is 13.1. The molecule has 0 radical (unpaired) electrons. The molecule has 4 nitrogen and oxygen atoms in total. The summed E-state index contributed by atoms with van der Waals surface area (Å²) in [5.41, 5.74) is 2.85. The molecule has 0 bridgehead atoms. The van der Waals surface area contributed by atoms with Crippen molar-refractivity contribution in [3.05, 3.63) is 65.7 Å². The van der Waals surface area contributed by atoms with E-state index in [1.165, 1.54) is 0 Å². The second-order valence-corrected chi connectivity index (χ2v) is 6.14. The minimum atomic E-state index is -0.246. The van der Waals surface area contributed by atoms with Crippen LogP contribution in [-0.2, 0) is 16.1 Å². The molecular weight excluding hydrogens is 300 g/mol. The molecular formula is C20H24N2O2. The van der Waals surface area contributed by atoms with Crippen LogP contribution in [0.3, 0.4) is 0 Å². The van der Waals surface area contributed by atoms with Crippen molar-refractivity contribution < 1.29 is 9.53 Å². The van der Waals surface area contributed by atoms with Gasteiger partial charge in [0.25, 0.3) is 0 Å². The number of amides is 1. The van der Waals surface area contributed by atoms with Crippen molar-refractivity contribution in [2.24, 2.45) is 0 Å². The lowest BCUT2D eigenvalue weighted by Gasteiger charge is -2.27. The van der Waals surface area contributed by atoms with Crippen molar-refractivity contribution in [3.63, 3.8) is 0 Å². The highest BCUT2D eigenvalue weighted by molar-refractivity contribution is 5.96. The normalized spacial score (nSPS) is 16.0. The van der Waals surface area contributed by atoms with E-state index in [0.717, 1.165) is 42.7 Å². The molecule has 2 aromatic rings. The average Bonchev–Trinajstić information content (AvgIpc) is 3.12. The number of rotatable bonds is 6. The third-order valence-electron chi connectivity index (χ3n) is 4.44. The second kappa shape index (κ2) is 8.08. The fourth-order valence-electron chi connectivity index (χ4n) is 3.29. The van der Waals surface area contributed by atoms with Crippen LogP contribution in [0.4, 0.5) is 5.69 Å². The molecule has 1 fully saturated rings. The predicted molar refractivity (Wildman–Crippen MR) is 95.8 cm³/mol. The van der Waals surface area contributed by atoms with Crippen LogP contribution in [-0.4, -0.2) is 31.0 Å².